The summed E-state index contributed by atoms with van der Waals surface area (Å²) in [6.45, 7) is 4.08. The van der Waals surface area contributed by atoms with Gasteiger partial charge >= 0.3 is 0 Å². The molecule has 3 heteroatoms. The van der Waals surface area contributed by atoms with Crippen molar-refractivity contribution in [3.8, 4) is 0 Å². The minimum absolute atomic E-state index is 0.0868. The molecular formula is C14H32O3. The lowest BCUT2D eigenvalue weighted by molar-refractivity contribution is 0.0860. The van der Waals surface area contributed by atoms with Gasteiger partial charge in [-0.05, 0) is 13.3 Å². The summed E-state index contributed by atoms with van der Waals surface area (Å²) in [5.41, 5.74) is 0. The van der Waals surface area contributed by atoms with Gasteiger partial charge in [0.05, 0.1) is 12.7 Å². The quantitative estimate of drug-likeness (QED) is 0.521. The first-order chi connectivity index (χ1) is 8.22. The van der Waals surface area contributed by atoms with Gasteiger partial charge in [0.2, 0.25) is 0 Å². The molecule has 0 saturated heterocycles. The van der Waals surface area contributed by atoms with Crippen molar-refractivity contribution >= 4 is 0 Å². The van der Waals surface area contributed by atoms with Crippen molar-refractivity contribution in [1.29, 1.82) is 0 Å². The van der Waals surface area contributed by atoms with Gasteiger partial charge in [-0.3, -0.25) is 0 Å². The molecule has 0 saturated carbocycles. The Morgan fingerprint density at radius 2 is 1.18 bits per heavy atom. The van der Waals surface area contributed by atoms with Gasteiger partial charge in [0.15, 0.2) is 0 Å². The van der Waals surface area contributed by atoms with Crippen LogP contribution in [0.5, 0.6) is 0 Å². The van der Waals surface area contributed by atoms with Crippen molar-refractivity contribution in [2.45, 2.75) is 77.7 Å². The van der Waals surface area contributed by atoms with Crippen LogP contribution in [0.25, 0.3) is 0 Å². The Labute approximate surface area is 107 Å². The van der Waals surface area contributed by atoms with Crippen LogP contribution in [0.4, 0.5) is 0 Å². The molecule has 0 aliphatic carbocycles. The molecule has 1 atom stereocenters. The zero-order valence-electron chi connectivity index (χ0n) is 11.7. The van der Waals surface area contributed by atoms with E-state index in [1.54, 1.807) is 6.92 Å². The summed E-state index contributed by atoms with van der Waals surface area (Å²) in [5, 5.41) is 25.2. The maximum Gasteiger partial charge on any atom is 0.0770 e. The van der Waals surface area contributed by atoms with Crippen molar-refractivity contribution in [3.05, 3.63) is 0 Å². The lowest BCUT2D eigenvalue weighted by Crippen LogP contribution is -2.10. The Morgan fingerprint density at radius 3 is 1.59 bits per heavy atom. The van der Waals surface area contributed by atoms with Gasteiger partial charge in [-0.1, -0.05) is 58.3 Å². The van der Waals surface area contributed by atoms with Crippen LogP contribution < -0.4 is 0 Å². The summed E-state index contributed by atoms with van der Waals surface area (Å²) in [5.74, 6) is 0. The first-order valence-corrected chi connectivity index (χ1v) is 7.12. The van der Waals surface area contributed by atoms with Crippen molar-refractivity contribution < 1.29 is 15.3 Å². The maximum atomic E-state index is 9.08. The smallest absolute Gasteiger partial charge is 0.0770 e. The van der Waals surface area contributed by atoms with Crippen LogP contribution in [0.15, 0.2) is 0 Å². The molecule has 0 heterocycles. The number of hydrogen-bond donors (Lipinski definition) is 3. The van der Waals surface area contributed by atoms with E-state index in [1.807, 2.05) is 0 Å². The molecule has 3 nitrogen and oxygen atoms in total. The first kappa shape index (κ1) is 19.2. The third-order valence-electron chi connectivity index (χ3n) is 2.60. The second kappa shape index (κ2) is 18.3. The summed E-state index contributed by atoms with van der Waals surface area (Å²) < 4.78 is 0. The monoisotopic (exact) mass is 248 g/mol. The second-order valence-electron chi connectivity index (χ2n) is 4.42. The topological polar surface area (TPSA) is 60.7 Å². The molecule has 0 aromatic rings. The lowest BCUT2D eigenvalue weighted by Gasteiger charge is -2.06. The van der Waals surface area contributed by atoms with E-state index in [9.17, 15) is 0 Å². The Bertz CT molecular complexity index is 118. The average molecular weight is 248 g/mol. The Kier molecular flexibility index (Phi) is 20.6. The summed E-state index contributed by atoms with van der Waals surface area (Å²) in [6, 6.07) is 0. The molecule has 0 aliphatic heterocycles. The van der Waals surface area contributed by atoms with Gasteiger partial charge in [0.1, 0.15) is 0 Å². The zero-order chi connectivity index (χ0) is 13.4. The largest absolute Gasteiger partial charge is 0.397 e. The van der Waals surface area contributed by atoms with Crippen molar-refractivity contribution in [3.63, 3.8) is 0 Å². The fourth-order valence-electron chi connectivity index (χ4n) is 1.61. The predicted octanol–water partition coefficient (Wildman–Crippen LogP) is 2.87. The molecule has 1 unspecified atom stereocenters. The van der Waals surface area contributed by atoms with E-state index < -0.39 is 6.10 Å². The molecule has 0 aromatic carbocycles. The fourth-order valence-corrected chi connectivity index (χ4v) is 1.61. The lowest BCUT2D eigenvalue weighted by atomic mass is 10.1. The summed E-state index contributed by atoms with van der Waals surface area (Å²) in [7, 11) is 0. The summed E-state index contributed by atoms with van der Waals surface area (Å²) >= 11 is 0. The molecule has 0 aliphatic rings. The van der Waals surface area contributed by atoms with Crippen LogP contribution >= 0.6 is 0 Å². The first-order valence-electron chi connectivity index (χ1n) is 7.12. The summed E-state index contributed by atoms with van der Waals surface area (Å²) in [4.78, 5) is 0. The van der Waals surface area contributed by atoms with E-state index in [1.165, 1.54) is 44.9 Å². The van der Waals surface area contributed by atoms with Gasteiger partial charge in [0.25, 0.3) is 0 Å². The number of rotatable bonds is 10. The zero-order valence-corrected chi connectivity index (χ0v) is 11.7. The minimum Gasteiger partial charge on any atom is -0.397 e. The van der Waals surface area contributed by atoms with E-state index in [-0.39, 0.29) is 13.2 Å². The Balaban J connectivity index is 0. The summed E-state index contributed by atoms with van der Waals surface area (Å²) in [6.07, 6.45) is 10.5. The van der Waals surface area contributed by atoms with E-state index in [4.69, 9.17) is 15.3 Å². The molecular weight excluding hydrogens is 216 g/mol. The second-order valence-corrected chi connectivity index (χ2v) is 4.42. The van der Waals surface area contributed by atoms with Gasteiger partial charge in [-0.2, -0.15) is 0 Å². The molecule has 0 fully saturated rings. The van der Waals surface area contributed by atoms with Gasteiger partial charge < -0.3 is 15.3 Å². The number of aliphatic hydroxyl groups is 3. The van der Waals surface area contributed by atoms with Crippen LogP contribution in [0.2, 0.25) is 0 Å². The Hall–Kier alpha value is -0.120. The molecule has 0 bridgehead atoms. The van der Waals surface area contributed by atoms with E-state index in [0.717, 1.165) is 12.8 Å². The van der Waals surface area contributed by atoms with Crippen molar-refractivity contribution in [2.75, 3.05) is 13.2 Å². The van der Waals surface area contributed by atoms with Crippen LogP contribution in [0.1, 0.15) is 71.6 Å². The number of aliphatic hydroxyl groups excluding tert-OH is 3. The van der Waals surface area contributed by atoms with Crippen LogP contribution in [0.3, 0.4) is 0 Å². The van der Waals surface area contributed by atoms with Crippen LogP contribution in [-0.2, 0) is 0 Å². The molecule has 17 heavy (non-hydrogen) atoms. The van der Waals surface area contributed by atoms with E-state index in [0.29, 0.717) is 0 Å². The Morgan fingerprint density at radius 1 is 0.765 bits per heavy atom. The standard InChI is InChI=1S/C12H26O2.C2H6O/c1-2-3-4-5-6-7-8-9-10-12(14)11-13;1-2-3/h12-14H,2-11H2,1H3;3H,2H2,1H3. The van der Waals surface area contributed by atoms with E-state index >= 15 is 0 Å². The van der Waals surface area contributed by atoms with E-state index in [2.05, 4.69) is 6.92 Å². The number of hydrogen-bond acceptors (Lipinski definition) is 3. The highest BCUT2D eigenvalue weighted by Crippen LogP contribution is 2.10. The minimum atomic E-state index is -0.491. The average Bonchev–Trinajstić information content (AvgIpc) is 2.33. The highest BCUT2D eigenvalue weighted by Gasteiger charge is 2.00. The normalized spacial score (nSPS) is 11.8. The fraction of sp³-hybridized carbons (Fsp3) is 1.00. The molecule has 106 valence electrons. The van der Waals surface area contributed by atoms with Crippen LogP contribution in [0, 0.1) is 0 Å². The molecule has 0 amide bonds. The third-order valence-corrected chi connectivity index (χ3v) is 2.60. The third kappa shape index (κ3) is 21.7. The molecule has 0 rings (SSSR count). The highest BCUT2D eigenvalue weighted by atomic mass is 16.3. The van der Waals surface area contributed by atoms with Crippen molar-refractivity contribution in [1.82, 2.24) is 0 Å². The van der Waals surface area contributed by atoms with Crippen LogP contribution in [-0.4, -0.2) is 34.6 Å². The highest BCUT2D eigenvalue weighted by molar-refractivity contribution is 4.53. The van der Waals surface area contributed by atoms with Crippen molar-refractivity contribution in [2.24, 2.45) is 0 Å². The predicted molar refractivity (Wildman–Crippen MR) is 73.1 cm³/mol. The molecule has 3 N–H and O–H groups in total. The maximum absolute atomic E-state index is 9.08. The SMILES string of the molecule is CCCCCCCCCCC(O)CO.CCO. The molecule has 0 radical (unpaired) electrons. The van der Waals surface area contributed by atoms with Gasteiger partial charge in [-0.25, -0.2) is 0 Å². The molecule has 0 aromatic heterocycles. The van der Waals surface area contributed by atoms with Gasteiger partial charge in [0, 0.05) is 6.61 Å². The molecule has 0 spiro atoms. The number of unbranched alkanes of at least 4 members (excludes halogenated alkanes) is 7. The van der Waals surface area contributed by atoms with Gasteiger partial charge in [-0.15, -0.1) is 0 Å².